The van der Waals surface area contributed by atoms with Crippen LogP contribution in [0.1, 0.15) is 5.56 Å². The Labute approximate surface area is 79.8 Å². The molecule has 0 aliphatic rings. The van der Waals surface area contributed by atoms with Crippen molar-refractivity contribution in [1.29, 1.82) is 0 Å². The number of hydrogen-bond donors (Lipinski definition) is 1. The fourth-order valence-corrected chi connectivity index (χ4v) is 1.00. The third-order valence-corrected chi connectivity index (χ3v) is 1.69. The van der Waals surface area contributed by atoms with Crippen LogP contribution < -0.4 is 5.73 Å². The van der Waals surface area contributed by atoms with Crippen molar-refractivity contribution in [3.05, 3.63) is 35.4 Å². The Hall–Kier alpha value is -1.09. The lowest BCUT2D eigenvalue weighted by molar-refractivity contribution is 0.586. The first-order valence-electron chi connectivity index (χ1n) is 3.62. The van der Waals surface area contributed by atoms with Gasteiger partial charge in [0.1, 0.15) is 11.6 Å². The Morgan fingerprint density at radius 2 is 2.08 bits per heavy atom. The van der Waals surface area contributed by atoms with E-state index in [2.05, 4.69) is 0 Å². The van der Waals surface area contributed by atoms with E-state index in [1.165, 1.54) is 6.08 Å². The molecule has 0 unspecified atom stereocenters. The van der Waals surface area contributed by atoms with Crippen LogP contribution in [0, 0.1) is 11.6 Å². The van der Waals surface area contributed by atoms with E-state index >= 15 is 0 Å². The number of hydrogen-bond acceptors (Lipinski definition) is 1. The Morgan fingerprint density at radius 3 is 2.69 bits per heavy atom. The number of rotatable bonds is 2. The number of nitrogens with two attached hydrogens (primary N) is 1. The van der Waals surface area contributed by atoms with Crippen molar-refractivity contribution in [2.45, 2.75) is 0 Å². The summed E-state index contributed by atoms with van der Waals surface area (Å²) in [5, 5.41) is 0. The van der Waals surface area contributed by atoms with Gasteiger partial charge in [0.05, 0.1) is 5.69 Å². The van der Waals surface area contributed by atoms with Gasteiger partial charge in [-0.1, -0.05) is 12.2 Å². The molecule has 0 radical (unpaired) electrons. The summed E-state index contributed by atoms with van der Waals surface area (Å²) in [5.74, 6) is -1.13. The van der Waals surface area contributed by atoms with Crippen LogP contribution >= 0.6 is 11.6 Å². The Morgan fingerprint density at radius 1 is 1.38 bits per heavy atom. The molecule has 0 heterocycles. The SMILES string of the molecule is Nc1c(F)cc(F)cc1C=CCCl. The number of alkyl halides is 1. The molecule has 0 saturated heterocycles. The summed E-state index contributed by atoms with van der Waals surface area (Å²) in [7, 11) is 0. The molecular formula is C9H8ClF2N. The van der Waals surface area contributed by atoms with Gasteiger partial charge in [-0.25, -0.2) is 8.78 Å². The van der Waals surface area contributed by atoms with Gasteiger partial charge in [0, 0.05) is 17.5 Å². The van der Waals surface area contributed by atoms with Gasteiger partial charge in [-0.2, -0.15) is 0 Å². The first kappa shape index (κ1) is 9.99. The van der Waals surface area contributed by atoms with Gasteiger partial charge in [-0.15, -0.1) is 11.6 Å². The predicted molar refractivity (Wildman–Crippen MR) is 50.5 cm³/mol. The van der Waals surface area contributed by atoms with Crippen LogP contribution in [-0.4, -0.2) is 5.88 Å². The molecule has 2 N–H and O–H groups in total. The third kappa shape index (κ3) is 2.42. The highest BCUT2D eigenvalue weighted by Gasteiger charge is 2.04. The molecule has 0 fully saturated rings. The third-order valence-electron chi connectivity index (χ3n) is 1.51. The van der Waals surface area contributed by atoms with Crippen LogP contribution in [0.3, 0.4) is 0 Å². The van der Waals surface area contributed by atoms with Gasteiger partial charge in [-0.05, 0) is 6.07 Å². The van der Waals surface area contributed by atoms with E-state index in [0.717, 1.165) is 12.1 Å². The molecule has 1 aromatic rings. The van der Waals surface area contributed by atoms with E-state index in [9.17, 15) is 8.78 Å². The molecule has 0 aliphatic heterocycles. The van der Waals surface area contributed by atoms with Gasteiger partial charge < -0.3 is 5.73 Å². The lowest BCUT2D eigenvalue weighted by atomic mass is 10.1. The molecule has 4 heteroatoms. The first-order valence-corrected chi connectivity index (χ1v) is 4.15. The summed E-state index contributed by atoms with van der Waals surface area (Å²) in [6, 6.07) is 1.90. The maximum absolute atomic E-state index is 12.8. The number of allylic oxidation sites excluding steroid dienone is 1. The van der Waals surface area contributed by atoms with Crippen molar-refractivity contribution in [2.75, 3.05) is 11.6 Å². The minimum atomic E-state index is -0.755. The number of benzene rings is 1. The molecule has 1 aromatic carbocycles. The predicted octanol–water partition coefficient (Wildman–Crippen LogP) is 2.80. The fraction of sp³-hybridized carbons (Fsp3) is 0.111. The molecule has 13 heavy (non-hydrogen) atoms. The molecular weight excluding hydrogens is 196 g/mol. The summed E-state index contributed by atoms with van der Waals surface area (Å²) < 4.78 is 25.5. The van der Waals surface area contributed by atoms with Crippen LogP contribution in [0.25, 0.3) is 6.08 Å². The van der Waals surface area contributed by atoms with Crippen molar-refractivity contribution < 1.29 is 8.78 Å². The molecule has 0 bridgehead atoms. The summed E-state index contributed by atoms with van der Waals surface area (Å²) >= 11 is 5.37. The zero-order chi connectivity index (χ0) is 9.84. The molecule has 0 spiro atoms. The second kappa shape index (κ2) is 4.23. The maximum Gasteiger partial charge on any atom is 0.149 e. The topological polar surface area (TPSA) is 26.0 Å². The maximum atomic E-state index is 12.8. The van der Waals surface area contributed by atoms with Gasteiger partial charge in [0.25, 0.3) is 0 Å². The quantitative estimate of drug-likeness (QED) is 0.581. The van der Waals surface area contributed by atoms with Crippen LogP contribution in [-0.2, 0) is 0 Å². The molecule has 0 atom stereocenters. The first-order chi connectivity index (χ1) is 6.15. The molecule has 70 valence electrons. The lowest BCUT2D eigenvalue weighted by Crippen LogP contribution is -1.95. The summed E-state index contributed by atoms with van der Waals surface area (Å²) in [6.45, 7) is 0. The molecule has 0 aromatic heterocycles. The second-order valence-corrected chi connectivity index (χ2v) is 2.76. The van der Waals surface area contributed by atoms with Crippen LogP contribution in [0.2, 0.25) is 0 Å². The largest absolute Gasteiger partial charge is 0.396 e. The van der Waals surface area contributed by atoms with E-state index in [-0.39, 0.29) is 11.6 Å². The van der Waals surface area contributed by atoms with Crippen LogP contribution in [0.15, 0.2) is 18.2 Å². The average molecular weight is 204 g/mol. The van der Waals surface area contributed by atoms with Crippen molar-refractivity contribution >= 4 is 23.4 Å². The summed E-state index contributed by atoms with van der Waals surface area (Å²) in [4.78, 5) is 0. The number of nitrogen functional groups attached to an aromatic ring is 1. The summed E-state index contributed by atoms with van der Waals surface area (Å²) in [5.41, 5.74) is 5.59. The highest BCUT2D eigenvalue weighted by Crippen LogP contribution is 2.19. The van der Waals surface area contributed by atoms with Gasteiger partial charge >= 0.3 is 0 Å². The molecule has 0 aliphatic carbocycles. The minimum absolute atomic E-state index is 0.0669. The number of anilines is 1. The molecule has 1 rings (SSSR count). The number of halogens is 3. The van der Waals surface area contributed by atoms with Crippen molar-refractivity contribution in [1.82, 2.24) is 0 Å². The van der Waals surface area contributed by atoms with E-state index in [0.29, 0.717) is 5.56 Å². The van der Waals surface area contributed by atoms with Crippen molar-refractivity contribution in [3.8, 4) is 0 Å². The highest BCUT2D eigenvalue weighted by molar-refractivity contribution is 6.19. The van der Waals surface area contributed by atoms with Crippen molar-refractivity contribution in [2.24, 2.45) is 0 Å². The fourth-order valence-electron chi connectivity index (χ4n) is 0.914. The lowest BCUT2D eigenvalue weighted by Gasteiger charge is -2.01. The van der Waals surface area contributed by atoms with Gasteiger partial charge in [0.2, 0.25) is 0 Å². The van der Waals surface area contributed by atoms with Crippen LogP contribution in [0.5, 0.6) is 0 Å². The highest BCUT2D eigenvalue weighted by atomic mass is 35.5. The van der Waals surface area contributed by atoms with E-state index < -0.39 is 11.6 Å². The zero-order valence-electron chi connectivity index (χ0n) is 6.73. The van der Waals surface area contributed by atoms with Crippen molar-refractivity contribution in [3.63, 3.8) is 0 Å². The smallest absolute Gasteiger partial charge is 0.149 e. The standard InChI is InChI=1S/C9H8ClF2N/c10-3-1-2-6-4-7(11)5-8(12)9(6)13/h1-2,4-5H,3,13H2. The van der Waals surface area contributed by atoms with Gasteiger partial charge in [-0.3, -0.25) is 0 Å². The average Bonchev–Trinajstić information content (AvgIpc) is 2.09. The normalized spacial score (nSPS) is 11.0. The van der Waals surface area contributed by atoms with Crippen LogP contribution in [0.4, 0.5) is 14.5 Å². The minimum Gasteiger partial charge on any atom is -0.396 e. The molecule has 0 amide bonds. The zero-order valence-corrected chi connectivity index (χ0v) is 7.48. The van der Waals surface area contributed by atoms with E-state index in [4.69, 9.17) is 17.3 Å². The molecule has 1 nitrogen and oxygen atoms in total. The Bertz CT molecular complexity index is 337. The monoisotopic (exact) mass is 203 g/mol. The van der Waals surface area contributed by atoms with E-state index in [1.807, 2.05) is 0 Å². The Balaban J connectivity index is 3.12. The second-order valence-electron chi connectivity index (χ2n) is 2.45. The Kier molecular flexibility index (Phi) is 3.25. The van der Waals surface area contributed by atoms with Gasteiger partial charge in [0.15, 0.2) is 0 Å². The summed E-state index contributed by atoms with van der Waals surface area (Å²) in [6.07, 6.45) is 3.04. The molecule has 0 saturated carbocycles. The van der Waals surface area contributed by atoms with E-state index in [1.54, 1.807) is 6.08 Å².